The van der Waals surface area contributed by atoms with Crippen molar-refractivity contribution in [3.8, 4) is 5.75 Å². The van der Waals surface area contributed by atoms with E-state index in [1.165, 1.54) is 11.3 Å². The van der Waals surface area contributed by atoms with Gasteiger partial charge in [0.25, 0.3) is 0 Å². The monoisotopic (exact) mass is 373 g/mol. The fraction of sp³-hybridized carbons (Fsp3) is 0.111. The molecule has 0 spiro atoms. The van der Waals surface area contributed by atoms with E-state index in [2.05, 4.69) is 15.6 Å². The van der Waals surface area contributed by atoms with Crippen molar-refractivity contribution in [3.05, 3.63) is 64.6 Å². The number of amides is 1. The molecule has 0 bridgehead atoms. The smallest absolute Gasteiger partial charge is 0.230 e. The summed E-state index contributed by atoms with van der Waals surface area (Å²) in [5.41, 5.74) is 2.25. The maximum absolute atomic E-state index is 12.2. The topological polar surface area (TPSA) is 63.2 Å². The molecule has 0 fully saturated rings. The largest absolute Gasteiger partial charge is 0.497 e. The van der Waals surface area contributed by atoms with Gasteiger partial charge in [0.05, 0.1) is 19.2 Å². The first-order valence-electron chi connectivity index (χ1n) is 7.53. The highest BCUT2D eigenvalue weighted by Crippen LogP contribution is 2.23. The lowest BCUT2D eigenvalue weighted by atomic mass is 10.2. The summed E-state index contributed by atoms with van der Waals surface area (Å²) in [6.45, 7) is 0. The number of nitrogens with one attached hydrogen (secondary N) is 2. The third-order valence-electron chi connectivity index (χ3n) is 3.32. The van der Waals surface area contributed by atoms with Crippen molar-refractivity contribution in [1.82, 2.24) is 4.98 Å². The molecule has 0 atom stereocenters. The zero-order chi connectivity index (χ0) is 17.6. The molecule has 3 rings (SSSR count). The number of carbonyl (C=O) groups is 1. The van der Waals surface area contributed by atoms with Crippen LogP contribution < -0.4 is 15.4 Å². The Hall–Kier alpha value is -2.57. The standard InChI is InChI=1S/C18H16ClN3O2S/c1-24-16-7-3-6-14(9-16)20-17(23)10-15-11-25-18(22-15)21-13-5-2-4-12(19)8-13/h2-9,11H,10H2,1H3,(H,20,23)(H,21,22). The first-order chi connectivity index (χ1) is 12.1. The Labute approximate surface area is 154 Å². The van der Waals surface area contributed by atoms with Crippen molar-refractivity contribution in [1.29, 1.82) is 0 Å². The number of hydrogen-bond acceptors (Lipinski definition) is 5. The molecule has 0 aliphatic heterocycles. The molecule has 1 heterocycles. The van der Waals surface area contributed by atoms with Gasteiger partial charge in [0.1, 0.15) is 5.75 Å². The van der Waals surface area contributed by atoms with Gasteiger partial charge in [0.15, 0.2) is 5.13 Å². The van der Waals surface area contributed by atoms with E-state index < -0.39 is 0 Å². The quantitative estimate of drug-likeness (QED) is 0.655. The highest BCUT2D eigenvalue weighted by molar-refractivity contribution is 7.13. The fourth-order valence-corrected chi connectivity index (χ4v) is 3.13. The lowest BCUT2D eigenvalue weighted by molar-refractivity contribution is -0.115. The van der Waals surface area contributed by atoms with Gasteiger partial charge in [0, 0.05) is 27.8 Å². The normalized spacial score (nSPS) is 10.3. The number of methoxy groups -OCH3 is 1. The number of rotatable bonds is 6. The molecular formula is C18H16ClN3O2S. The molecule has 7 heteroatoms. The van der Waals surface area contributed by atoms with Gasteiger partial charge in [-0.25, -0.2) is 4.98 Å². The lowest BCUT2D eigenvalue weighted by Crippen LogP contribution is -2.14. The zero-order valence-electron chi connectivity index (χ0n) is 13.5. The van der Waals surface area contributed by atoms with Crippen LogP contribution in [0.5, 0.6) is 5.75 Å². The summed E-state index contributed by atoms with van der Waals surface area (Å²) < 4.78 is 5.14. The van der Waals surface area contributed by atoms with Crippen molar-refractivity contribution in [3.63, 3.8) is 0 Å². The number of thiazole rings is 1. The van der Waals surface area contributed by atoms with Crippen LogP contribution in [0, 0.1) is 0 Å². The second-order valence-electron chi connectivity index (χ2n) is 5.24. The minimum absolute atomic E-state index is 0.132. The van der Waals surface area contributed by atoms with E-state index in [4.69, 9.17) is 16.3 Å². The summed E-state index contributed by atoms with van der Waals surface area (Å²) in [6, 6.07) is 14.6. The molecule has 0 aliphatic carbocycles. The molecule has 2 N–H and O–H groups in total. The van der Waals surface area contributed by atoms with Crippen molar-refractivity contribution in [2.45, 2.75) is 6.42 Å². The van der Waals surface area contributed by atoms with Crippen LogP contribution in [0.25, 0.3) is 0 Å². The number of benzene rings is 2. The van der Waals surface area contributed by atoms with Crippen molar-refractivity contribution in [2.24, 2.45) is 0 Å². The van der Waals surface area contributed by atoms with Gasteiger partial charge in [-0.3, -0.25) is 4.79 Å². The number of hydrogen-bond donors (Lipinski definition) is 2. The Morgan fingerprint density at radius 1 is 1.20 bits per heavy atom. The molecule has 1 amide bonds. The molecule has 1 aromatic heterocycles. The number of anilines is 3. The first-order valence-corrected chi connectivity index (χ1v) is 8.79. The Morgan fingerprint density at radius 2 is 2.00 bits per heavy atom. The van der Waals surface area contributed by atoms with Gasteiger partial charge in [-0.15, -0.1) is 11.3 Å². The molecule has 5 nitrogen and oxygen atoms in total. The first kappa shape index (κ1) is 17.3. The van der Waals surface area contributed by atoms with Crippen LogP contribution >= 0.6 is 22.9 Å². The molecule has 25 heavy (non-hydrogen) atoms. The molecule has 128 valence electrons. The molecule has 0 saturated carbocycles. The van der Waals surface area contributed by atoms with Crippen LogP contribution in [-0.2, 0) is 11.2 Å². The van der Waals surface area contributed by atoms with Gasteiger partial charge < -0.3 is 15.4 Å². The maximum Gasteiger partial charge on any atom is 0.230 e. The van der Waals surface area contributed by atoms with E-state index in [0.29, 0.717) is 27.3 Å². The van der Waals surface area contributed by atoms with E-state index >= 15 is 0 Å². The highest BCUT2D eigenvalue weighted by atomic mass is 35.5. The third-order valence-corrected chi connectivity index (χ3v) is 4.36. The van der Waals surface area contributed by atoms with Crippen LogP contribution in [0.4, 0.5) is 16.5 Å². The SMILES string of the molecule is COc1cccc(NC(=O)Cc2csc(Nc3cccc(Cl)c3)n2)c1. The van der Waals surface area contributed by atoms with E-state index in [1.54, 1.807) is 13.2 Å². The van der Waals surface area contributed by atoms with Crippen molar-refractivity contribution < 1.29 is 9.53 Å². The highest BCUT2D eigenvalue weighted by Gasteiger charge is 2.09. The maximum atomic E-state index is 12.2. The molecule has 0 aliphatic rings. The van der Waals surface area contributed by atoms with Crippen molar-refractivity contribution in [2.75, 3.05) is 17.7 Å². The predicted octanol–water partition coefficient (Wildman–Crippen LogP) is 4.73. The molecule has 0 unspecified atom stereocenters. The van der Waals surface area contributed by atoms with Gasteiger partial charge in [-0.05, 0) is 30.3 Å². The van der Waals surface area contributed by atoms with Crippen LogP contribution in [0.3, 0.4) is 0 Å². The second kappa shape index (κ2) is 8.00. The summed E-state index contributed by atoms with van der Waals surface area (Å²) in [4.78, 5) is 16.6. The molecule has 2 aromatic carbocycles. The van der Waals surface area contributed by atoms with Gasteiger partial charge >= 0.3 is 0 Å². The van der Waals surface area contributed by atoms with Crippen LogP contribution in [-0.4, -0.2) is 18.0 Å². The number of nitrogens with zero attached hydrogens (tertiary/aromatic N) is 1. The van der Waals surface area contributed by atoms with Gasteiger partial charge in [-0.1, -0.05) is 23.7 Å². The van der Waals surface area contributed by atoms with Gasteiger partial charge in [-0.2, -0.15) is 0 Å². The number of aromatic nitrogens is 1. The number of ether oxygens (including phenoxy) is 1. The third kappa shape index (κ3) is 4.95. The summed E-state index contributed by atoms with van der Waals surface area (Å²) in [7, 11) is 1.59. The average molecular weight is 374 g/mol. The van der Waals surface area contributed by atoms with E-state index in [1.807, 2.05) is 47.8 Å². The minimum atomic E-state index is -0.132. The summed E-state index contributed by atoms with van der Waals surface area (Å²) >= 11 is 7.40. The summed E-state index contributed by atoms with van der Waals surface area (Å²) in [6.07, 6.45) is 0.199. The average Bonchev–Trinajstić information content (AvgIpc) is 3.01. The Bertz CT molecular complexity index is 882. The van der Waals surface area contributed by atoms with Crippen molar-refractivity contribution >= 4 is 45.4 Å². The fourth-order valence-electron chi connectivity index (χ4n) is 2.21. The number of halogens is 1. The molecule has 0 saturated heterocycles. The van der Waals surface area contributed by atoms with Crippen LogP contribution in [0.1, 0.15) is 5.69 Å². The zero-order valence-corrected chi connectivity index (χ0v) is 15.0. The van der Waals surface area contributed by atoms with Crippen LogP contribution in [0.15, 0.2) is 53.9 Å². The summed E-state index contributed by atoms with van der Waals surface area (Å²) in [5.74, 6) is 0.562. The Kier molecular flexibility index (Phi) is 5.53. The molecular weight excluding hydrogens is 358 g/mol. The van der Waals surface area contributed by atoms with Crippen LogP contribution in [0.2, 0.25) is 5.02 Å². The number of carbonyl (C=O) groups excluding carboxylic acids is 1. The Balaban J connectivity index is 1.59. The molecule has 3 aromatic rings. The lowest BCUT2D eigenvalue weighted by Gasteiger charge is -2.06. The minimum Gasteiger partial charge on any atom is -0.497 e. The predicted molar refractivity (Wildman–Crippen MR) is 102 cm³/mol. The van der Waals surface area contributed by atoms with E-state index in [0.717, 1.165) is 5.69 Å². The summed E-state index contributed by atoms with van der Waals surface area (Å²) in [5, 5.41) is 9.24. The Morgan fingerprint density at radius 3 is 2.80 bits per heavy atom. The second-order valence-corrected chi connectivity index (χ2v) is 6.53. The van der Waals surface area contributed by atoms with Gasteiger partial charge in [0.2, 0.25) is 5.91 Å². The van der Waals surface area contributed by atoms with E-state index in [-0.39, 0.29) is 12.3 Å². The van der Waals surface area contributed by atoms with E-state index in [9.17, 15) is 4.79 Å². The molecule has 0 radical (unpaired) electrons.